The average molecular weight is 369 g/mol. The van der Waals surface area contributed by atoms with Crippen LogP contribution in [0.3, 0.4) is 0 Å². The van der Waals surface area contributed by atoms with Crippen molar-refractivity contribution < 1.29 is 17.7 Å². The molecular formula is C16H22N3O3S2+. The van der Waals surface area contributed by atoms with Crippen LogP contribution < -0.4 is 4.90 Å². The van der Waals surface area contributed by atoms with E-state index in [0.29, 0.717) is 30.2 Å². The van der Waals surface area contributed by atoms with E-state index in [-0.39, 0.29) is 17.4 Å². The highest BCUT2D eigenvalue weighted by Crippen LogP contribution is 2.22. The van der Waals surface area contributed by atoms with E-state index >= 15 is 0 Å². The Balaban J connectivity index is 1.61. The summed E-state index contributed by atoms with van der Waals surface area (Å²) in [6.07, 6.45) is 1.21. The molecule has 130 valence electrons. The first kappa shape index (κ1) is 17.3. The van der Waals surface area contributed by atoms with Gasteiger partial charge in [-0.25, -0.2) is 8.42 Å². The zero-order valence-electron chi connectivity index (χ0n) is 13.6. The van der Waals surface area contributed by atoms with Gasteiger partial charge in [0.05, 0.1) is 18.6 Å². The molecule has 24 heavy (non-hydrogen) atoms. The molecular weight excluding hydrogens is 346 g/mol. The first-order valence-electron chi connectivity index (χ1n) is 8.04. The van der Waals surface area contributed by atoms with Crippen molar-refractivity contribution in [3.63, 3.8) is 0 Å². The third-order valence-corrected chi connectivity index (χ3v) is 6.34. The number of nitrogens with zero attached hydrogens (tertiary/aromatic N) is 2. The number of nitrogens with one attached hydrogen (secondary N) is 1. The largest absolute Gasteiger partial charge is 0.414 e. The maximum absolute atomic E-state index is 11.5. The molecule has 2 aromatic rings. The molecule has 2 heterocycles. The van der Waals surface area contributed by atoms with Gasteiger partial charge in [-0.1, -0.05) is 30.3 Å². The van der Waals surface area contributed by atoms with E-state index < -0.39 is 9.84 Å². The van der Waals surface area contributed by atoms with Crippen LogP contribution in [0.25, 0.3) is 0 Å². The molecule has 0 bridgehead atoms. The molecule has 2 atom stereocenters. The molecule has 1 aromatic carbocycles. The summed E-state index contributed by atoms with van der Waals surface area (Å²) in [5.41, 5.74) is 1.25. The summed E-state index contributed by atoms with van der Waals surface area (Å²) >= 11 is 5.24. The number of quaternary nitrogens is 1. The Morgan fingerprint density at radius 1 is 1.38 bits per heavy atom. The molecule has 0 amide bonds. The second kappa shape index (κ2) is 7.16. The van der Waals surface area contributed by atoms with Crippen LogP contribution in [0.5, 0.6) is 0 Å². The predicted molar refractivity (Wildman–Crippen MR) is 92.8 cm³/mol. The molecule has 1 aromatic heterocycles. The molecule has 1 fully saturated rings. The van der Waals surface area contributed by atoms with Gasteiger partial charge in [0, 0.05) is 12.0 Å². The number of benzene rings is 1. The summed E-state index contributed by atoms with van der Waals surface area (Å²) in [5.74, 6) is 1.12. The van der Waals surface area contributed by atoms with Crippen LogP contribution in [0.15, 0.2) is 34.7 Å². The van der Waals surface area contributed by atoms with Crippen LogP contribution in [-0.2, 0) is 29.5 Å². The van der Waals surface area contributed by atoms with Crippen molar-refractivity contribution in [3.05, 3.63) is 46.6 Å². The van der Waals surface area contributed by atoms with Crippen molar-refractivity contribution in [2.45, 2.75) is 26.1 Å². The minimum absolute atomic E-state index is 0.0888. The van der Waals surface area contributed by atoms with Crippen LogP contribution in [0.2, 0.25) is 0 Å². The molecule has 1 aliphatic rings. The van der Waals surface area contributed by atoms with Crippen molar-refractivity contribution in [1.29, 1.82) is 0 Å². The molecule has 1 saturated heterocycles. The Bertz CT molecular complexity index is 843. The lowest BCUT2D eigenvalue weighted by molar-refractivity contribution is -0.917. The minimum Gasteiger partial charge on any atom is -0.414 e. The first-order chi connectivity index (χ1) is 11.4. The van der Waals surface area contributed by atoms with Crippen LogP contribution >= 0.6 is 12.2 Å². The smallest absolute Gasteiger partial charge is 0.291 e. The van der Waals surface area contributed by atoms with Crippen molar-refractivity contribution in [2.24, 2.45) is 5.92 Å². The lowest BCUT2D eigenvalue weighted by Crippen LogP contribution is -3.07. The zero-order chi connectivity index (χ0) is 17.2. The van der Waals surface area contributed by atoms with E-state index in [4.69, 9.17) is 16.6 Å². The van der Waals surface area contributed by atoms with Gasteiger partial charge >= 0.3 is 0 Å². The number of rotatable bonds is 6. The van der Waals surface area contributed by atoms with E-state index in [2.05, 4.69) is 24.3 Å². The topological polar surface area (TPSA) is 69.5 Å². The predicted octanol–water partition coefficient (Wildman–Crippen LogP) is 0.855. The molecule has 0 spiro atoms. The highest BCUT2D eigenvalue weighted by Gasteiger charge is 2.29. The molecule has 1 aliphatic heterocycles. The molecule has 1 unspecified atom stereocenters. The third kappa shape index (κ3) is 4.52. The normalized spacial score (nSPS) is 21.0. The summed E-state index contributed by atoms with van der Waals surface area (Å²) < 4.78 is 30.3. The second-order valence-electron chi connectivity index (χ2n) is 6.51. The van der Waals surface area contributed by atoms with Crippen LogP contribution in [-0.4, -0.2) is 36.8 Å². The number of aromatic nitrogens is 2. The van der Waals surface area contributed by atoms with E-state index in [1.54, 1.807) is 4.68 Å². The number of sulfone groups is 1. The Labute approximate surface area is 147 Å². The molecule has 6 nitrogen and oxygen atoms in total. The minimum atomic E-state index is -2.88. The fraction of sp³-hybridized carbons (Fsp3) is 0.500. The molecule has 0 aliphatic carbocycles. The fourth-order valence-electron chi connectivity index (χ4n) is 3.07. The Morgan fingerprint density at radius 3 is 2.79 bits per heavy atom. The Morgan fingerprint density at radius 2 is 2.12 bits per heavy atom. The first-order valence-corrected chi connectivity index (χ1v) is 10.3. The van der Waals surface area contributed by atoms with Crippen molar-refractivity contribution >= 4 is 22.1 Å². The highest BCUT2D eigenvalue weighted by atomic mass is 32.2. The van der Waals surface area contributed by atoms with E-state index in [0.717, 1.165) is 6.54 Å². The number of hydrogen-bond donors (Lipinski definition) is 1. The number of hydrogen-bond acceptors (Lipinski definition) is 5. The summed E-state index contributed by atoms with van der Waals surface area (Å²) in [7, 11) is -0.803. The summed E-state index contributed by atoms with van der Waals surface area (Å²) in [4.78, 5) is 1.58. The molecule has 0 saturated carbocycles. The maximum atomic E-state index is 11.5. The molecule has 0 radical (unpaired) electrons. The fourth-order valence-corrected chi connectivity index (χ4v) is 5.13. The summed E-state index contributed by atoms with van der Waals surface area (Å²) in [6, 6.07) is 10.2. The van der Waals surface area contributed by atoms with Gasteiger partial charge < -0.3 is 9.32 Å². The van der Waals surface area contributed by atoms with Gasteiger partial charge in [0.15, 0.2) is 16.5 Å². The quantitative estimate of drug-likeness (QED) is 0.766. The van der Waals surface area contributed by atoms with Gasteiger partial charge in [0.25, 0.3) is 4.84 Å². The zero-order valence-corrected chi connectivity index (χ0v) is 15.3. The molecule has 1 N–H and O–H groups in total. The van der Waals surface area contributed by atoms with Gasteiger partial charge in [-0.05, 0) is 24.6 Å². The average Bonchev–Trinajstić information content (AvgIpc) is 3.02. The van der Waals surface area contributed by atoms with E-state index in [1.165, 1.54) is 10.5 Å². The van der Waals surface area contributed by atoms with Gasteiger partial charge in [-0.3, -0.25) is 0 Å². The van der Waals surface area contributed by atoms with Crippen LogP contribution in [0.4, 0.5) is 0 Å². The monoisotopic (exact) mass is 368 g/mol. The Hall–Kier alpha value is -1.51. The van der Waals surface area contributed by atoms with Gasteiger partial charge in [-0.15, -0.1) is 5.10 Å². The van der Waals surface area contributed by atoms with Crippen LogP contribution in [0.1, 0.15) is 17.9 Å². The van der Waals surface area contributed by atoms with E-state index in [9.17, 15) is 8.42 Å². The van der Waals surface area contributed by atoms with Crippen LogP contribution in [0, 0.1) is 10.8 Å². The van der Waals surface area contributed by atoms with Gasteiger partial charge in [0.1, 0.15) is 6.54 Å². The molecule has 8 heteroatoms. The summed E-state index contributed by atoms with van der Waals surface area (Å²) in [5, 5.41) is 4.43. The standard InChI is InChI=1S/C16H21N3O3S2/c1-18(10-13-5-3-2-4-6-13)12-19-16(23)22-15(17-19)9-14-7-8-24(20,21)11-14/h2-6,14H,7-12H2,1H3/p+1/t14-/m1/s1. The Kier molecular flexibility index (Phi) is 5.17. The lowest BCUT2D eigenvalue weighted by atomic mass is 10.1. The third-order valence-electron chi connectivity index (χ3n) is 4.21. The van der Waals surface area contributed by atoms with Crippen molar-refractivity contribution in [2.75, 3.05) is 18.6 Å². The lowest BCUT2D eigenvalue weighted by Gasteiger charge is -2.13. The SMILES string of the molecule is C[NH+](Cc1ccccc1)Cn1nc(C[C@H]2CCS(=O)(=O)C2)oc1=S. The van der Waals surface area contributed by atoms with Crippen molar-refractivity contribution in [1.82, 2.24) is 9.78 Å². The van der Waals surface area contributed by atoms with Gasteiger partial charge in [-0.2, -0.15) is 4.68 Å². The maximum Gasteiger partial charge on any atom is 0.291 e. The van der Waals surface area contributed by atoms with Gasteiger partial charge in [0.2, 0.25) is 5.89 Å². The second-order valence-corrected chi connectivity index (χ2v) is 9.09. The highest BCUT2D eigenvalue weighted by molar-refractivity contribution is 7.91. The van der Waals surface area contributed by atoms with E-state index in [1.807, 2.05) is 18.2 Å². The molecule has 3 rings (SSSR count). The summed E-state index contributed by atoms with van der Waals surface area (Å²) in [6.45, 7) is 1.48. The van der Waals surface area contributed by atoms with Crippen molar-refractivity contribution in [3.8, 4) is 0 Å².